The molecule has 0 atom stereocenters. The first-order valence-corrected chi connectivity index (χ1v) is 7.78. The van der Waals surface area contributed by atoms with Crippen molar-refractivity contribution in [2.45, 2.75) is 13.5 Å². The Balaban J connectivity index is 1.69. The standard InChI is InChI=1S/C18H16ClN3O2/c1-12-7-14(19)4-5-17(12)22-18(23)13-8-15(10-20-9-13)21-11-16-3-2-6-24-16/h2-10,21H,11H2,1H3,(H,22,23). The molecule has 24 heavy (non-hydrogen) atoms. The number of benzene rings is 1. The van der Waals surface area contributed by atoms with E-state index >= 15 is 0 Å². The molecule has 0 bridgehead atoms. The number of carbonyl (C=O) groups excluding carboxylic acids is 1. The number of aryl methyl sites for hydroxylation is 1. The number of nitrogens with zero attached hydrogens (tertiary/aromatic N) is 1. The van der Waals surface area contributed by atoms with Crippen LogP contribution < -0.4 is 10.6 Å². The molecule has 0 spiro atoms. The molecule has 0 aliphatic rings. The van der Waals surface area contributed by atoms with Crippen LogP contribution >= 0.6 is 11.6 Å². The molecule has 5 nitrogen and oxygen atoms in total. The average molecular weight is 342 g/mol. The largest absolute Gasteiger partial charge is 0.467 e. The van der Waals surface area contributed by atoms with Gasteiger partial charge in [0.15, 0.2) is 0 Å². The summed E-state index contributed by atoms with van der Waals surface area (Å²) in [7, 11) is 0. The Morgan fingerprint density at radius 1 is 1.25 bits per heavy atom. The van der Waals surface area contributed by atoms with E-state index in [2.05, 4.69) is 15.6 Å². The van der Waals surface area contributed by atoms with Crippen LogP contribution in [0.1, 0.15) is 21.7 Å². The molecule has 0 fully saturated rings. The number of anilines is 2. The van der Waals surface area contributed by atoms with Gasteiger partial charge in [-0.3, -0.25) is 9.78 Å². The third-order valence-corrected chi connectivity index (χ3v) is 3.72. The maximum atomic E-state index is 12.4. The van der Waals surface area contributed by atoms with Gasteiger partial charge in [0.05, 0.1) is 24.1 Å². The van der Waals surface area contributed by atoms with Crippen molar-refractivity contribution in [3.8, 4) is 0 Å². The van der Waals surface area contributed by atoms with Crippen LogP contribution in [0.4, 0.5) is 11.4 Å². The fourth-order valence-electron chi connectivity index (χ4n) is 2.22. The molecule has 0 radical (unpaired) electrons. The highest BCUT2D eigenvalue weighted by Crippen LogP contribution is 2.20. The molecule has 6 heteroatoms. The summed E-state index contributed by atoms with van der Waals surface area (Å²) in [6, 6.07) is 10.8. The highest BCUT2D eigenvalue weighted by Gasteiger charge is 2.09. The predicted octanol–water partition coefficient (Wildman–Crippen LogP) is 4.50. The van der Waals surface area contributed by atoms with Gasteiger partial charge < -0.3 is 15.1 Å². The minimum absolute atomic E-state index is 0.227. The summed E-state index contributed by atoms with van der Waals surface area (Å²) in [6.45, 7) is 2.41. The third-order valence-electron chi connectivity index (χ3n) is 3.48. The molecule has 3 rings (SSSR count). The lowest BCUT2D eigenvalue weighted by Crippen LogP contribution is -2.13. The van der Waals surface area contributed by atoms with E-state index in [9.17, 15) is 4.79 Å². The maximum absolute atomic E-state index is 12.4. The van der Waals surface area contributed by atoms with E-state index in [1.165, 1.54) is 6.20 Å². The molecule has 0 saturated carbocycles. The van der Waals surface area contributed by atoms with Crippen LogP contribution in [0.3, 0.4) is 0 Å². The normalized spacial score (nSPS) is 10.4. The number of rotatable bonds is 5. The first-order valence-electron chi connectivity index (χ1n) is 7.40. The molecule has 1 amide bonds. The Morgan fingerprint density at radius 3 is 2.88 bits per heavy atom. The number of amides is 1. The lowest BCUT2D eigenvalue weighted by molar-refractivity contribution is 0.102. The first kappa shape index (κ1) is 16.1. The quantitative estimate of drug-likeness (QED) is 0.717. The van der Waals surface area contributed by atoms with Crippen LogP contribution in [0.15, 0.2) is 59.5 Å². The van der Waals surface area contributed by atoms with E-state index in [1.54, 1.807) is 36.7 Å². The zero-order chi connectivity index (χ0) is 16.9. The molecule has 0 aliphatic carbocycles. The predicted molar refractivity (Wildman–Crippen MR) is 94.4 cm³/mol. The highest BCUT2D eigenvalue weighted by molar-refractivity contribution is 6.30. The molecule has 0 saturated heterocycles. The molecule has 0 unspecified atom stereocenters. The van der Waals surface area contributed by atoms with E-state index in [4.69, 9.17) is 16.0 Å². The molecule has 2 heterocycles. The summed E-state index contributed by atoms with van der Waals surface area (Å²) >= 11 is 5.93. The fraction of sp³-hybridized carbons (Fsp3) is 0.111. The minimum Gasteiger partial charge on any atom is -0.467 e. The molecule has 122 valence electrons. The molecular formula is C18H16ClN3O2. The van der Waals surface area contributed by atoms with Gasteiger partial charge in [0.25, 0.3) is 5.91 Å². The second kappa shape index (κ2) is 7.19. The molecular weight excluding hydrogens is 326 g/mol. The molecule has 2 N–H and O–H groups in total. The number of furan rings is 1. The molecule has 3 aromatic rings. The van der Waals surface area contributed by atoms with Crippen molar-refractivity contribution in [1.29, 1.82) is 0 Å². The smallest absolute Gasteiger partial charge is 0.257 e. The third kappa shape index (κ3) is 3.94. The SMILES string of the molecule is Cc1cc(Cl)ccc1NC(=O)c1cncc(NCc2ccco2)c1. The summed E-state index contributed by atoms with van der Waals surface area (Å²) < 4.78 is 5.26. The number of carbonyl (C=O) groups is 1. The van der Waals surface area contributed by atoms with Gasteiger partial charge in [-0.15, -0.1) is 0 Å². The maximum Gasteiger partial charge on any atom is 0.257 e. The van der Waals surface area contributed by atoms with E-state index in [1.807, 2.05) is 19.1 Å². The zero-order valence-corrected chi connectivity index (χ0v) is 13.8. The Bertz CT molecular complexity index is 847. The average Bonchev–Trinajstić information content (AvgIpc) is 3.09. The Morgan fingerprint density at radius 2 is 2.12 bits per heavy atom. The minimum atomic E-state index is -0.227. The topological polar surface area (TPSA) is 67.2 Å². The van der Waals surface area contributed by atoms with Gasteiger partial charge in [-0.05, 0) is 48.9 Å². The van der Waals surface area contributed by atoms with Crippen LogP contribution in [0, 0.1) is 6.92 Å². The summed E-state index contributed by atoms with van der Waals surface area (Å²) in [4.78, 5) is 16.5. The van der Waals surface area contributed by atoms with Gasteiger partial charge in [-0.1, -0.05) is 11.6 Å². The van der Waals surface area contributed by atoms with Crippen LogP contribution in [0.2, 0.25) is 5.02 Å². The van der Waals surface area contributed by atoms with Gasteiger partial charge in [-0.25, -0.2) is 0 Å². The Labute approximate surface area is 144 Å². The summed E-state index contributed by atoms with van der Waals surface area (Å²) in [5.41, 5.74) is 2.83. The van der Waals surface area contributed by atoms with Crippen molar-refractivity contribution in [3.63, 3.8) is 0 Å². The number of nitrogens with one attached hydrogen (secondary N) is 2. The fourth-order valence-corrected chi connectivity index (χ4v) is 2.45. The van der Waals surface area contributed by atoms with Crippen molar-refractivity contribution in [2.24, 2.45) is 0 Å². The highest BCUT2D eigenvalue weighted by atomic mass is 35.5. The molecule has 0 aliphatic heterocycles. The lowest BCUT2D eigenvalue weighted by Gasteiger charge is -2.10. The molecule has 1 aromatic carbocycles. The van der Waals surface area contributed by atoms with Crippen molar-refractivity contribution < 1.29 is 9.21 Å². The van der Waals surface area contributed by atoms with Crippen LogP contribution in [0.25, 0.3) is 0 Å². The van der Waals surface area contributed by atoms with Gasteiger partial charge >= 0.3 is 0 Å². The Hall–Kier alpha value is -2.79. The van der Waals surface area contributed by atoms with Crippen molar-refractivity contribution >= 4 is 28.9 Å². The first-order chi connectivity index (χ1) is 11.6. The number of hydrogen-bond acceptors (Lipinski definition) is 4. The number of hydrogen-bond donors (Lipinski definition) is 2. The van der Waals surface area contributed by atoms with Gasteiger partial charge in [0.1, 0.15) is 5.76 Å². The second-order valence-corrected chi connectivity index (χ2v) is 5.75. The Kier molecular flexibility index (Phi) is 4.82. The lowest BCUT2D eigenvalue weighted by atomic mass is 10.2. The van der Waals surface area contributed by atoms with E-state index in [0.717, 1.165) is 22.7 Å². The van der Waals surface area contributed by atoms with Crippen molar-refractivity contribution in [2.75, 3.05) is 10.6 Å². The van der Waals surface area contributed by atoms with Gasteiger partial charge in [0, 0.05) is 23.1 Å². The number of pyridine rings is 1. The van der Waals surface area contributed by atoms with Crippen molar-refractivity contribution in [1.82, 2.24) is 4.98 Å². The second-order valence-electron chi connectivity index (χ2n) is 5.31. The summed E-state index contributed by atoms with van der Waals surface area (Å²) in [6.07, 6.45) is 4.81. The zero-order valence-electron chi connectivity index (χ0n) is 13.0. The van der Waals surface area contributed by atoms with Gasteiger partial charge in [-0.2, -0.15) is 0 Å². The monoisotopic (exact) mass is 341 g/mol. The van der Waals surface area contributed by atoms with Gasteiger partial charge in [0.2, 0.25) is 0 Å². The summed E-state index contributed by atoms with van der Waals surface area (Å²) in [5.74, 6) is 0.580. The number of halogens is 1. The van der Waals surface area contributed by atoms with E-state index < -0.39 is 0 Å². The molecule has 2 aromatic heterocycles. The van der Waals surface area contributed by atoms with Crippen LogP contribution in [-0.4, -0.2) is 10.9 Å². The van der Waals surface area contributed by atoms with Crippen LogP contribution in [-0.2, 0) is 6.54 Å². The van der Waals surface area contributed by atoms with E-state index in [-0.39, 0.29) is 5.91 Å². The number of aromatic nitrogens is 1. The van der Waals surface area contributed by atoms with Crippen LogP contribution in [0.5, 0.6) is 0 Å². The van der Waals surface area contributed by atoms with Crippen molar-refractivity contribution in [3.05, 3.63) is 77.0 Å². The summed E-state index contributed by atoms with van der Waals surface area (Å²) in [5, 5.41) is 6.67. The van der Waals surface area contributed by atoms with E-state index in [0.29, 0.717) is 17.1 Å².